The maximum absolute atomic E-state index is 14.7. The van der Waals surface area contributed by atoms with E-state index in [1.54, 1.807) is 13.8 Å². The minimum Gasteiger partial charge on any atom is -0.488 e. The van der Waals surface area contributed by atoms with Crippen LogP contribution in [0.3, 0.4) is 0 Å². The minimum absolute atomic E-state index is 0.0129. The molecule has 3 aromatic rings. The van der Waals surface area contributed by atoms with E-state index < -0.39 is 5.67 Å². The average molecular weight is 436 g/mol. The zero-order valence-electron chi connectivity index (χ0n) is 19.4. The van der Waals surface area contributed by atoms with Crippen molar-refractivity contribution in [2.45, 2.75) is 51.4 Å². The third-order valence-corrected chi connectivity index (χ3v) is 6.68. The lowest BCUT2D eigenvalue weighted by Crippen LogP contribution is -2.53. The van der Waals surface area contributed by atoms with Crippen LogP contribution in [0.15, 0.2) is 48.5 Å². The number of rotatable bonds is 7. The number of hydrogen-bond acceptors (Lipinski definition) is 3. The summed E-state index contributed by atoms with van der Waals surface area (Å²) in [6.07, 6.45) is 2.40. The molecule has 2 aromatic carbocycles. The fourth-order valence-electron chi connectivity index (χ4n) is 5.34. The second-order valence-electron chi connectivity index (χ2n) is 9.97. The number of nitrogens with zero attached hydrogens (tertiary/aromatic N) is 2. The number of hydrogen-bond donors (Lipinski definition) is 1. The molecule has 2 aliphatic heterocycles. The number of benzene rings is 2. The van der Waals surface area contributed by atoms with Crippen molar-refractivity contribution in [3.63, 3.8) is 0 Å². The van der Waals surface area contributed by atoms with Gasteiger partial charge in [0.05, 0.1) is 6.04 Å². The number of fused-ring (bicyclic) bond motifs is 3. The molecule has 1 atom stereocenters. The normalized spacial score (nSPS) is 20.3. The number of aromatic amines is 1. The van der Waals surface area contributed by atoms with Crippen molar-refractivity contribution in [3.8, 4) is 5.75 Å². The highest BCUT2D eigenvalue weighted by molar-refractivity contribution is 5.85. The van der Waals surface area contributed by atoms with Crippen molar-refractivity contribution in [2.75, 3.05) is 32.7 Å². The number of ether oxygens (including phenoxy) is 1. The van der Waals surface area contributed by atoms with Gasteiger partial charge in [-0.25, -0.2) is 4.39 Å². The Morgan fingerprint density at radius 3 is 2.56 bits per heavy atom. The average Bonchev–Trinajstić information content (AvgIpc) is 3.10. The first kappa shape index (κ1) is 21.5. The standard InChI is InChI=1S/C27H34FN3O/c1-4-14-30-16-21(17-30)32-20-11-9-19(10-12-20)26-25-23(13-15-31(26)18-27(2,3)28)22-7-5-6-8-24(22)29-25/h5-12,21,26,29H,4,13-18H2,1-3H3/t26-/m1/s1. The quantitative estimate of drug-likeness (QED) is 0.544. The fraction of sp³-hybridized carbons (Fsp3) is 0.481. The van der Waals surface area contributed by atoms with E-state index in [2.05, 4.69) is 70.2 Å². The molecule has 1 fully saturated rings. The molecule has 0 spiro atoms. The second-order valence-corrected chi connectivity index (χ2v) is 9.97. The van der Waals surface area contributed by atoms with E-state index in [0.717, 1.165) is 43.9 Å². The monoisotopic (exact) mass is 435 g/mol. The molecule has 2 aliphatic rings. The van der Waals surface area contributed by atoms with Crippen LogP contribution in [0.4, 0.5) is 4.39 Å². The Bertz CT molecular complexity index is 1060. The van der Waals surface area contributed by atoms with Gasteiger partial charge in [0.1, 0.15) is 17.5 Å². The van der Waals surface area contributed by atoms with Crippen molar-refractivity contribution < 1.29 is 9.13 Å². The minimum atomic E-state index is -1.25. The predicted octanol–water partition coefficient (Wildman–Crippen LogP) is 5.34. The summed E-state index contributed by atoms with van der Waals surface area (Å²) >= 11 is 0. The summed E-state index contributed by atoms with van der Waals surface area (Å²) in [5, 5.41) is 1.29. The molecular formula is C27H34FN3O. The van der Waals surface area contributed by atoms with E-state index >= 15 is 0 Å². The maximum atomic E-state index is 14.7. The number of aromatic nitrogens is 1. The summed E-state index contributed by atoms with van der Waals surface area (Å²) in [6, 6.07) is 17.0. The SMILES string of the molecule is CCCN1CC(Oc2ccc([C@@H]3c4[nH]c5ccccc5c4CCN3CC(C)(C)F)cc2)C1. The first-order valence-electron chi connectivity index (χ1n) is 11.9. The van der Waals surface area contributed by atoms with Gasteiger partial charge in [0.15, 0.2) is 0 Å². The molecule has 0 bridgehead atoms. The Balaban J connectivity index is 1.41. The van der Waals surface area contributed by atoms with Gasteiger partial charge >= 0.3 is 0 Å². The molecule has 4 nitrogen and oxygen atoms in total. The van der Waals surface area contributed by atoms with Crippen LogP contribution in [0.2, 0.25) is 0 Å². The van der Waals surface area contributed by atoms with Crippen LogP contribution in [0.25, 0.3) is 10.9 Å². The Morgan fingerprint density at radius 1 is 1.09 bits per heavy atom. The van der Waals surface area contributed by atoms with Crippen molar-refractivity contribution in [1.29, 1.82) is 0 Å². The molecule has 1 N–H and O–H groups in total. The zero-order valence-corrected chi connectivity index (χ0v) is 19.4. The van der Waals surface area contributed by atoms with Gasteiger partial charge in [0, 0.05) is 42.8 Å². The summed E-state index contributed by atoms with van der Waals surface area (Å²) in [5.74, 6) is 0.917. The molecule has 1 aromatic heterocycles. The van der Waals surface area contributed by atoms with E-state index in [1.807, 2.05) is 0 Å². The third-order valence-electron chi connectivity index (χ3n) is 6.68. The molecule has 0 unspecified atom stereocenters. The van der Waals surface area contributed by atoms with Gasteiger partial charge in [0.2, 0.25) is 0 Å². The number of para-hydroxylation sites is 1. The molecule has 0 saturated carbocycles. The van der Waals surface area contributed by atoms with E-state index in [4.69, 9.17) is 4.74 Å². The van der Waals surface area contributed by atoms with Crippen LogP contribution >= 0.6 is 0 Å². The number of nitrogens with one attached hydrogen (secondary N) is 1. The summed E-state index contributed by atoms with van der Waals surface area (Å²) in [5.41, 5.74) is 3.65. The fourth-order valence-corrected chi connectivity index (χ4v) is 5.34. The molecule has 5 heteroatoms. The topological polar surface area (TPSA) is 31.5 Å². The first-order chi connectivity index (χ1) is 15.4. The highest BCUT2D eigenvalue weighted by Gasteiger charge is 2.35. The number of likely N-dealkylation sites (tertiary alicyclic amines) is 1. The number of H-pyrrole nitrogens is 1. The lowest BCUT2D eigenvalue weighted by Gasteiger charge is -2.39. The molecule has 170 valence electrons. The molecule has 5 rings (SSSR count). The van der Waals surface area contributed by atoms with Crippen LogP contribution in [0.1, 0.15) is 50.1 Å². The zero-order chi connectivity index (χ0) is 22.3. The predicted molar refractivity (Wildman–Crippen MR) is 128 cm³/mol. The van der Waals surface area contributed by atoms with Crippen LogP contribution in [-0.2, 0) is 6.42 Å². The number of alkyl halides is 1. The second kappa shape index (κ2) is 8.53. The van der Waals surface area contributed by atoms with Crippen molar-refractivity contribution in [2.24, 2.45) is 0 Å². The van der Waals surface area contributed by atoms with Crippen LogP contribution in [0.5, 0.6) is 5.75 Å². The Hall–Kier alpha value is -2.37. The largest absolute Gasteiger partial charge is 0.488 e. The van der Waals surface area contributed by atoms with Gasteiger partial charge in [-0.2, -0.15) is 0 Å². The Morgan fingerprint density at radius 2 is 1.84 bits per heavy atom. The van der Waals surface area contributed by atoms with E-state index in [-0.39, 0.29) is 12.1 Å². The van der Waals surface area contributed by atoms with Crippen molar-refractivity contribution in [1.82, 2.24) is 14.8 Å². The van der Waals surface area contributed by atoms with Gasteiger partial charge in [0.25, 0.3) is 0 Å². The lowest BCUT2D eigenvalue weighted by molar-refractivity contribution is 0.0202. The van der Waals surface area contributed by atoms with E-state index in [0.29, 0.717) is 6.54 Å². The van der Waals surface area contributed by atoms with Gasteiger partial charge in [-0.3, -0.25) is 9.80 Å². The molecule has 1 saturated heterocycles. The Kier molecular flexibility index (Phi) is 5.72. The van der Waals surface area contributed by atoms with Crippen LogP contribution < -0.4 is 4.74 Å². The van der Waals surface area contributed by atoms with Crippen LogP contribution in [-0.4, -0.2) is 59.3 Å². The highest BCUT2D eigenvalue weighted by atomic mass is 19.1. The first-order valence-corrected chi connectivity index (χ1v) is 11.9. The molecular weight excluding hydrogens is 401 g/mol. The van der Waals surface area contributed by atoms with Crippen molar-refractivity contribution in [3.05, 3.63) is 65.4 Å². The summed E-state index contributed by atoms with van der Waals surface area (Å²) in [6.45, 7) is 9.97. The summed E-state index contributed by atoms with van der Waals surface area (Å²) < 4.78 is 20.9. The van der Waals surface area contributed by atoms with Gasteiger partial charge in [-0.05, 0) is 62.6 Å². The lowest BCUT2D eigenvalue weighted by atomic mass is 9.91. The van der Waals surface area contributed by atoms with E-state index in [1.165, 1.54) is 28.6 Å². The Labute approximate surface area is 190 Å². The van der Waals surface area contributed by atoms with Gasteiger partial charge in [-0.15, -0.1) is 0 Å². The summed E-state index contributed by atoms with van der Waals surface area (Å²) in [4.78, 5) is 8.37. The van der Waals surface area contributed by atoms with Gasteiger partial charge < -0.3 is 9.72 Å². The molecule has 0 radical (unpaired) electrons. The molecule has 0 aliphatic carbocycles. The van der Waals surface area contributed by atoms with E-state index in [9.17, 15) is 4.39 Å². The molecule has 3 heterocycles. The smallest absolute Gasteiger partial charge is 0.124 e. The number of halogens is 1. The molecule has 32 heavy (non-hydrogen) atoms. The van der Waals surface area contributed by atoms with Crippen molar-refractivity contribution >= 4 is 10.9 Å². The maximum Gasteiger partial charge on any atom is 0.124 e. The molecule has 0 amide bonds. The highest BCUT2D eigenvalue weighted by Crippen LogP contribution is 2.39. The summed E-state index contributed by atoms with van der Waals surface area (Å²) in [7, 11) is 0. The van der Waals surface area contributed by atoms with Gasteiger partial charge in [-0.1, -0.05) is 37.3 Å². The third kappa shape index (κ3) is 4.28. The van der Waals surface area contributed by atoms with Crippen LogP contribution in [0, 0.1) is 0 Å².